The first kappa shape index (κ1) is 17.9. The Bertz CT molecular complexity index is 1180. The molecule has 0 aliphatic carbocycles. The molecule has 2 aromatic carbocycles. The summed E-state index contributed by atoms with van der Waals surface area (Å²) < 4.78 is 0. The summed E-state index contributed by atoms with van der Waals surface area (Å²) >= 11 is 2.05. The van der Waals surface area contributed by atoms with Crippen molar-refractivity contribution in [2.45, 2.75) is 12.8 Å². The van der Waals surface area contributed by atoms with Gasteiger partial charge in [0.15, 0.2) is 0 Å². The van der Waals surface area contributed by atoms with Crippen LogP contribution < -0.4 is 4.90 Å². The average molecular weight is 411 g/mol. The molecule has 1 fully saturated rings. The molecule has 0 spiro atoms. The number of hydrogen-bond donors (Lipinski definition) is 0. The van der Waals surface area contributed by atoms with Crippen LogP contribution in [0, 0.1) is 0 Å². The number of aromatic nitrogens is 1. The van der Waals surface area contributed by atoms with E-state index < -0.39 is 0 Å². The van der Waals surface area contributed by atoms with Gasteiger partial charge in [-0.15, -0.1) is 0 Å². The monoisotopic (exact) mass is 410 g/mol. The zero-order valence-electron chi connectivity index (χ0n) is 16.7. The third-order valence-corrected chi connectivity index (χ3v) is 6.98. The molecular formula is C25H22N4S. The van der Waals surface area contributed by atoms with Gasteiger partial charge in [-0.25, -0.2) is 0 Å². The molecule has 3 aliphatic heterocycles. The topological polar surface area (TPSA) is 40.9 Å². The first-order chi connectivity index (χ1) is 14.8. The Kier molecular flexibility index (Phi) is 4.42. The zero-order chi connectivity index (χ0) is 19.9. The predicted molar refractivity (Wildman–Crippen MR) is 126 cm³/mol. The lowest BCUT2D eigenvalue weighted by Gasteiger charge is -2.28. The highest BCUT2D eigenvalue weighted by atomic mass is 32.2. The fraction of sp³-hybridized carbons (Fsp3) is 0.240. The van der Waals surface area contributed by atoms with Crippen LogP contribution >= 0.6 is 11.8 Å². The van der Waals surface area contributed by atoms with Gasteiger partial charge in [-0.3, -0.25) is 15.0 Å². The minimum atomic E-state index is 0.831. The number of thioether (sulfide) groups is 1. The number of pyridine rings is 1. The summed E-state index contributed by atoms with van der Waals surface area (Å²) in [5, 5.41) is 0. The van der Waals surface area contributed by atoms with Crippen molar-refractivity contribution < 1.29 is 0 Å². The standard InChI is InChI=1S/C25H22N4S/c1-2-8-26-23(3-1)25-16-18-13-17(4-6-21(18)28-25)24-15-19-14-20(5-7-22(19)27-24)29-9-11-30-12-10-29/h1-8,13-14H,9-12,15-16H2. The maximum atomic E-state index is 4.96. The Morgan fingerprint density at radius 3 is 2.37 bits per heavy atom. The van der Waals surface area contributed by atoms with E-state index in [4.69, 9.17) is 9.98 Å². The lowest BCUT2D eigenvalue weighted by Crippen LogP contribution is -2.32. The molecule has 30 heavy (non-hydrogen) atoms. The Morgan fingerprint density at radius 1 is 0.767 bits per heavy atom. The van der Waals surface area contributed by atoms with Crippen LogP contribution in [0.1, 0.15) is 22.4 Å². The fourth-order valence-electron chi connectivity index (χ4n) is 4.44. The largest absolute Gasteiger partial charge is 0.370 e. The van der Waals surface area contributed by atoms with E-state index in [1.165, 1.54) is 33.9 Å². The molecule has 5 heteroatoms. The first-order valence-electron chi connectivity index (χ1n) is 10.5. The maximum absolute atomic E-state index is 4.96. The summed E-state index contributed by atoms with van der Waals surface area (Å²) in [6.45, 7) is 2.28. The summed E-state index contributed by atoms with van der Waals surface area (Å²) in [7, 11) is 0. The van der Waals surface area contributed by atoms with Crippen molar-refractivity contribution in [1.82, 2.24) is 4.98 Å². The Hall–Kier alpha value is -2.92. The molecule has 0 N–H and O–H groups in total. The highest BCUT2D eigenvalue weighted by Crippen LogP contribution is 2.35. The molecule has 0 radical (unpaired) electrons. The van der Waals surface area contributed by atoms with E-state index in [2.05, 4.69) is 46.3 Å². The van der Waals surface area contributed by atoms with Gasteiger partial charge >= 0.3 is 0 Å². The molecule has 0 amide bonds. The molecule has 0 atom stereocenters. The van der Waals surface area contributed by atoms with E-state index in [-0.39, 0.29) is 0 Å². The summed E-state index contributed by atoms with van der Waals surface area (Å²) in [5.74, 6) is 2.44. The van der Waals surface area contributed by atoms with E-state index >= 15 is 0 Å². The van der Waals surface area contributed by atoms with Gasteiger partial charge in [0.1, 0.15) is 0 Å². The van der Waals surface area contributed by atoms with Crippen LogP contribution in [0.5, 0.6) is 0 Å². The van der Waals surface area contributed by atoms with Crippen LogP contribution in [-0.4, -0.2) is 41.0 Å². The average Bonchev–Trinajstić information content (AvgIpc) is 3.43. The summed E-state index contributed by atoms with van der Waals surface area (Å²) in [4.78, 5) is 16.7. The molecule has 3 aliphatic rings. The van der Waals surface area contributed by atoms with E-state index in [1.54, 1.807) is 0 Å². The van der Waals surface area contributed by atoms with Crippen molar-refractivity contribution in [1.29, 1.82) is 0 Å². The van der Waals surface area contributed by atoms with Gasteiger partial charge in [0.05, 0.1) is 28.5 Å². The van der Waals surface area contributed by atoms with Crippen molar-refractivity contribution >= 4 is 40.2 Å². The maximum Gasteiger partial charge on any atom is 0.0848 e. The molecule has 0 unspecified atom stereocenters. The molecule has 3 aromatic rings. The van der Waals surface area contributed by atoms with Gasteiger partial charge < -0.3 is 4.90 Å². The lowest BCUT2D eigenvalue weighted by molar-refractivity contribution is 0.858. The zero-order valence-corrected chi connectivity index (χ0v) is 17.5. The van der Waals surface area contributed by atoms with Gasteiger partial charge in [0, 0.05) is 49.3 Å². The van der Waals surface area contributed by atoms with Crippen LogP contribution in [0.15, 0.2) is 70.8 Å². The minimum Gasteiger partial charge on any atom is -0.370 e. The second-order valence-corrected chi connectivity index (χ2v) is 9.17. The number of anilines is 1. The quantitative estimate of drug-likeness (QED) is 0.611. The fourth-order valence-corrected chi connectivity index (χ4v) is 5.34. The van der Waals surface area contributed by atoms with Gasteiger partial charge in [-0.05, 0) is 59.2 Å². The van der Waals surface area contributed by atoms with Crippen LogP contribution in [-0.2, 0) is 12.8 Å². The van der Waals surface area contributed by atoms with Crippen molar-refractivity contribution in [3.8, 4) is 0 Å². The molecule has 4 nitrogen and oxygen atoms in total. The van der Waals surface area contributed by atoms with E-state index in [1.807, 2.05) is 36.2 Å². The third kappa shape index (κ3) is 3.23. The van der Waals surface area contributed by atoms with E-state index in [0.717, 1.165) is 54.4 Å². The highest BCUT2D eigenvalue weighted by molar-refractivity contribution is 7.99. The van der Waals surface area contributed by atoms with Crippen LogP contribution in [0.2, 0.25) is 0 Å². The molecule has 1 saturated heterocycles. The normalized spacial score (nSPS) is 17.4. The molecular weight excluding hydrogens is 388 g/mol. The number of aliphatic imine (C=N–C) groups is 2. The van der Waals surface area contributed by atoms with Gasteiger partial charge in [-0.2, -0.15) is 11.8 Å². The molecule has 148 valence electrons. The molecule has 0 bridgehead atoms. The number of rotatable bonds is 3. The number of hydrogen-bond acceptors (Lipinski definition) is 5. The first-order valence-corrected chi connectivity index (χ1v) is 11.6. The summed E-state index contributed by atoms with van der Waals surface area (Å²) in [6, 6.07) is 19.3. The SMILES string of the molecule is c1ccc(C2=Nc3ccc(C4=Nc5ccc(N6CCSCC6)cc5C4)cc3C2)nc1. The molecule has 1 aromatic heterocycles. The van der Waals surface area contributed by atoms with Crippen LogP contribution in [0.4, 0.5) is 17.1 Å². The number of benzene rings is 2. The Morgan fingerprint density at radius 2 is 1.53 bits per heavy atom. The Balaban J connectivity index is 1.23. The molecule has 4 heterocycles. The third-order valence-electron chi connectivity index (χ3n) is 6.04. The van der Waals surface area contributed by atoms with Gasteiger partial charge in [-0.1, -0.05) is 12.1 Å². The van der Waals surface area contributed by atoms with Crippen molar-refractivity contribution in [3.05, 3.63) is 83.2 Å². The smallest absolute Gasteiger partial charge is 0.0848 e. The van der Waals surface area contributed by atoms with Crippen LogP contribution in [0.25, 0.3) is 0 Å². The van der Waals surface area contributed by atoms with Crippen molar-refractivity contribution in [3.63, 3.8) is 0 Å². The summed E-state index contributed by atoms with van der Waals surface area (Å²) in [5.41, 5.74) is 10.5. The molecule has 6 rings (SSSR count). The number of nitrogens with zero attached hydrogens (tertiary/aromatic N) is 4. The second kappa shape index (κ2) is 7.40. The number of fused-ring (bicyclic) bond motifs is 2. The van der Waals surface area contributed by atoms with E-state index in [9.17, 15) is 0 Å². The second-order valence-electron chi connectivity index (χ2n) is 7.94. The summed E-state index contributed by atoms with van der Waals surface area (Å²) in [6.07, 6.45) is 3.56. The van der Waals surface area contributed by atoms with Crippen molar-refractivity contribution in [2.75, 3.05) is 29.5 Å². The van der Waals surface area contributed by atoms with E-state index in [0.29, 0.717) is 0 Å². The van der Waals surface area contributed by atoms with Crippen LogP contribution in [0.3, 0.4) is 0 Å². The van der Waals surface area contributed by atoms with Gasteiger partial charge in [0.25, 0.3) is 0 Å². The Labute approximate surface area is 180 Å². The van der Waals surface area contributed by atoms with Crippen molar-refractivity contribution in [2.24, 2.45) is 9.98 Å². The minimum absolute atomic E-state index is 0.831. The molecule has 0 saturated carbocycles. The predicted octanol–water partition coefficient (Wildman–Crippen LogP) is 4.99. The van der Waals surface area contributed by atoms with Gasteiger partial charge in [0.2, 0.25) is 0 Å². The highest BCUT2D eigenvalue weighted by Gasteiger charge is 2.22. The lowest BCUT2D eigenvalue weighted by atomic mass is 9.99.